The summed E-state index contributed by atoms with van der Waals surface area (Å²) in [6.07, 6.45) is -0.348. The number of nitrogens with two attached hydrogens (primary N) is 1. The predicted octanol–water partition coefficient (Wildman–Crippen LogP) is 2.34. The average Bonchev–Trinajstić information content (AvgIpc) is 2.46. The third-order valence-electron chi connectivity index (χ3n) is 2.94. The predicted molar refractivity (Wildman–Crippen MR) is 90.1 cm³/mol. The van der Waals surface area contributed by atoms with E-state index in [1.54, 1.807) is 26.8 Å². The lowest BCUT2D eigenvalue weighted by Gasteiger charge is -2.20. The Bertz CT molecular complexity index is 590. The fourth-order valence-electron chi connectivity index (χ4n) is 1.77. The second kappa shape index (κ2) is 8.84. The Balaban J connectivity index is 2.35. The molecule has 4 N–H and O–H groups in total. The van der Waals surface area contributed by atoms with E-state index in [4.69, 9.17) is 22.1 Å². The quantitative estimate of drug-likeness (QED) is 0.726. The lowest BCUT2D eigenvalue weighted by atomic mass is 10.1. The van der Waals surface area contributed by atoms with E-state index in [1.807, 2.05) is 0 Å². The highest BCUT2D eigenvalue weighted by atomic mass is 35.5. The number of hydrogen-bond acceptors (Lipinski definition) is 4. The maximum Gasteiger partial charge on any atom is 0.407 e. The van der Waals surface area contributed by atoms with E-state index in [-0.39, 0.29) is 30.1 Å². The van der Waals surface area contributed by atoms with Crippen molar-refractivity contribution in [3.63, 3.8) is 0 Å². The molecule has 0 radical (unpaired) electrons. The summed E-state index contributed by atoms with van der Waals surface area (Å²) in [7, 11) is 0. The van der Waals surface area contributed by atoms with Crippen molar-refractivity contribution in [2.45, 2.75) is 45.4 Å². The van der Waals surface area contributed by atoms with Crippen molar-refractivity contribution < 1.29 is 18.7 Å². The van der Waals surface area contributed by atoms with Gasteiger partial charge in [-0.15, -0.1) is 0 Å². The number of hydrogen-bond donors (Lipinski definition) is 3. The van der Waals surface area contributed by atoms with E-state index in [1.165, 1.54) is 12.1 Å². The number of amides is 2. The second-order valence-electron chi connectivity index (χ2n) is 6.25. The third kappa shape index (κ3) is 7.14. The summed E-state index contributed by atoms with van der Waals surface area (Å²) in [5.41, 5.74) is 5.42. The number of rotatable bonds is 6. The number of ether oxygens (including phenoxy) is 1. The Kier molecular flexibility index (Phi) is 7.44. The second-order valence-corrected chi connectivity index (χ2v) is 6.66. The number of nitrogens with one attached hydrogen (secondary N) is 2. The minimum atomic E-state index is -0.831. The molecule has 0 fully saturated rings. The van der Waals surface area contributed by atoms with Gasteiger partial charge >= 0.3 is 6.09 Å². The zero-order valence-corrected chi connectivity index (χ0v) is 14.7. The van der Waals surface area contributed by atoms with Gasteiger partial charge in [0.15, 0.2) is 0 Å². The molecule has 0 unspecified atom stereocenters. The minimum Gasteiger partial charge on any atom is -0.444 e. The smallest absolute Gasteiger partial charge is 0.407 e. The molecule has 0 aliphatic rings. The summed E-state index contributed by atoms with van der Waals surface area (Å²) in [5.74, 6) is -1.01. The van der Waals surface area contributed by atoms with Gasteiger partial charge in [-0.2, -0.15) is 0 Å². The first-order valence-electron chi connectivity index (χ1n) is 7.53. The molecule has 1 aromatic carbocycles. The highest BCUT2D eigenvalue weighted by molar-refractivity contribution is 6.30. The fraction of sp³-hybridized carbons (Fsp3) is 0.500. The van der Waals surface area contributed by atoms with Crippen LogP contribution in [-0.2, 0) is 16.1 Å². The van der Waals surface area contributed by atoms with Gasteiger partial charge in [0, 0.05) is 18.7 Å². The van der Waals surface area contributed by atoms with Crippen LogP contribution >= 0.6 is 11.6 Å². The summed E-state index contributed by atoms with van der Waals surface area (Å²) in [4.78, 5) is 23.3. The van der Waals surface area contributed by atoms with Gasteiger partial charge in [0.25, 0.3) is 0 Å². The molecule has 0 saturated carbocycles. The SMILES string of the molecule is CC(C)(C)OC(=O)NCC[C@@H](N)C(=O)NCc1cccc(Cl)c1F. The first kappa shape index (κ1) is 20.2. The molecule has 8 heteroatoms. The maximum atomic E-state index is 13.7. The fourth-order valence-corrected chi connectivity index (χ4v) is 1.97. The standard InChI is InChI=1S/C16H23ClFN3O3/c1-16(2,3)24-15(23)20-8-7-12(19)14(22)21-9-10-5-4-6-11(17)13(10)18/h4-6,12H,7-9,19H2,1-3H3,(H,20,23)(H,21,22)/t12-/m1/s1. The van der Waals surface area contributed by atoms with Gasteiger partial charge < -0.3 is 21.1 Å². The van der Waals surface area contributed by atoms with Crippen LogP contribution < -0.4 is 16.4 Å². The number of carbonyl (C=O) groups is 2. The monoisotopic (exact) mass is 359 g/mol. The van der Waals surface area contributed by atoms with Crippen molar-refractivity contribution in [3.05, 3.63) is 34.6 Å². The lowest BCUT2D eigenvalue weighted by molar-refractivity contribution is -0.122. The van der Waals surface area contributed by atoms with Gasteiger partial charge in [-0.25, -0.2) is 9.18 Å². The Morgan fingerprint density at radius 2 is 2.00 bits per heavy atom. The van der Waals surface area contributed by atoms with Gasteiger partial charge in [0.05, 0.1) is 11.1 Å². The molecule has 0 aliphatic carbocycles. The molecule has 1 rings (SSSR count). The highest BCUT2D eigenvalue weighted by Crippen LogP contribution is 2.17. The lowest BCUT2D eigenvalue weighted by Crippen LogP contribution is -2.43. The Morgan fingerprint density at radius 3 is 2.62 bits per heavy atom. The molecule has 0 bridgehead atoms. The van der Waals surface area contributed by atoms with Crippen molar-refractivity contribution in [1.29, 1.82) is 0 Å². The summed E-state index contributed by atoms with van der Waals surface area (Å²) in [5, 5.41) is 5.05. The van der Waals surface area contributed by atoms with Crippen LogP contribution in [0.25, 0.3) is 0 Å². The van der Waals surface area contributed by atoms with Crippen LogP contribution in [-0.4, -0.2) is 30.2 Å². The van der Waals surface area contributed by atoms with Crippen LogP contribution in [0.1, 0.15) is 32.8 Å². The first-order valence-corrected chi connectivity index (χ1v) is 7.91. The van der Waals surface area contributed by atoms with E-state index in [9.17, 15) is 14.0 Å². The Labute approximate surface area is 145 Å². The van der Waals surface area contributed by atoms with Gasteiger partial charge in [-0.3, -0.25) is 4.79 Å². The Morgan fingerprint density at radius 1 is 1.33 bits per heavy atom. The molecule has 6 nitrogen and oxygen atoms in total. The van der Waals surface area contributed by atoms with Gasteiger partial charge in [0.2, 0.25) is 5.91 Å². The molecule has 1 atom stereocenters. The summed E-state index contributed by atoms with van der Waals surface area (Å²) < 4.78 is 18.8. The molecule has 24 heavy (non-hydrogen) atoms. The molecule has 134 valence electrons. The molecule has 1 aromatic rings. The van der Waals surface area contributed by atoms with E-state index in [2.05, 4.69) is 10.6 Å². The summed E-state index contributed by atoms with van der Waals surface area (Å²) in [6.45, 7) is 5.43. The largest absolute Gasteiger partial charge is 0.444 e. The molecular formula is C16H23ClFN3O3. The molecule has 0 saturated heterocycles. The first-order chi connectivity index (χ1) is 11.1. The van der Waals surface area contributed by atoms with E-state index in [0.29, 0.717) is 0 Å². The third-order valence-corrected chi connectivity index (χ3v) is 3.24. The molecule has 0 aliphatic heterocycles. The van der Waals surface area contributed by atoms with Gasteiger partial charge in [-0.1, -0.05) is 23.7 Å². The van der Waals surface area contributed by atoms with Crippen molar-refractivity contribution >= 4 is 23.6 Å². The molecule has 0 heterocycles. The normalized spacial score (nSPS) is 12.4. The van der Waals surface area contributed by atoms with Crippen LogP contribution in [0, 0.1) is 5.82 Å². The molecule has 0 aromatic heterocycles. The zero-order valence-electron chi connectivity index (χ0n) is 14.0. The van der Waals surface area contributed by atoms with E-state index >= 15 is 0 Å². The van der Waals surface area contributed by atoms with Crippen LogP contribution in [0.5, 0.6) is 0 Å². The van der Waals surface area contributed by atoms with Crippen molar-refractivity contribution in [2.75, 3.05) is 6.54 Å². The van der Waals surface area contributed by atoms with Crippen LogP contribution in [0.4, 0.5) is 9.18 Å². The van der Waals surface area contributed by atoms with Crippen molar-refractivity contribution in [2.24, 2.45) is 5.73 Å². The Hall–Kier alpha value is -1.86. The van der Waals surface area contributed by atoms with Crippen LogP contribution in [0.2, 0.25) is 5.02 Å². The van der Waals surface area contributed by atoms with Crippen molar-refractivity contribution in [3.8, 4) is 0 Å². The molecule has 2 amide bonds. The molecular weight excluding hydrogens is 337 g/mol. The van der Waals surface area contributed by atoms with Gasteiger partial charge in [-0.05, 0) is 33.3 Å². The van der Waals surface area contributed by atoms with Crippen molar-refractivity contribution in [1.82, 2.24) is 10.6 Å². The topological polar surface area (TPSA) is 93.4 Å². The maximum absolute atomic E-state index is 13.7. The number of carbonyl (C=O) groups excluding carboxylic acids is 2. The van der Waals surface area contributed by atoms with E-state index < -0.39 is 29.5 Å². The minimum absolute atomic E-state index is 0.00684. The average molecular weight is 360 g/mol. The number of alkyl carbamates (subject to hydrolysis) is 1. The number of benzene rings is 1. The molecule has 0 spiro atoms. The van der Waals surface area contributed by atoms with Crippen LogP contribution in [0.3, 0.4) is 0 Å². The van der Waals surface area contributed by atoms with Crippen LogP contribution in [0.15, 0.2) is 18.2 Å². The highest BCUT2D eigenvalue weighted by Gasteiger charge is 2.17. The summed E-state index contributed by atoms with van der Waals surface area (Å²) >= 11 is 5.67. The number of halogens is 2. The summed E-state index contributed by atoms with van der Waals surface area (Å²) in [6, 6.07) is 3.72. The zero-order chi connectivity index (χ0) is 18.3. The van der Waals surface area contributed by atoms with E-state index in [0.717, 1.165) is 0 Å². The van der Waals surface area contributed by atoms with Gasteiger partial charge in [0.1, 0.15) is 11.4 Å².